The zero-order chi connectivity index (χ0) is 21.5. The molecule has 0 unspecified atom stereocenters. The zero-order valence-electron chi connectivity index (χ0n) is 17.3. The number of anilines is 1. The highest BCUT2D eigenvalue weighted by atomic mass is 16.5. The molecule has 158 valence electrons. The first-order chi connectivity index (χ1) is 14.5. The van der Waals surface area contributed by atoms with E-state index in [0.29, 0.717) is 13.1 Å². The predicted molar refractivity (Wildman–Crippen MR) is 117 cm³/mol. The Labute approximate surface area is 175 Å². The quantitative estimate of drug-likeness (QED) is 0.554. The molecule has 0 radical (unpaired) electrons. The lowest BCUT2D eigenvalue weighted by Crippen LogP contribution is -2.43. The molecule has 1 aromatic heterocycles. The van der Waals surface area contributed by atoms with Crippen molar-refractivity contribution in [1.29, 1.82) is 0 Å². The molecule has 3 rings (SSSR count). The summed E-state index contributed by atoms with van der Waals surface area (Å²) in [7, 11) is 1.60. The van der Waals surface area contributed by atoms with E-state index in [2.05, 4.69) is 17.2 Å². The Hall–Kier alpha value is -3.39. The molecule has 0 bridgehead atoms. The normalized spacial score (nSPS) is 10.8. The number of rotatable bonds is 9. The molecule has 1 heterocycles. The fourth-order valence-corrected chi connectivity index (χ4v) is 3.10. The lowest BCUT2D eigenvalue weighted by Gasteiger charge is -2.15. The standard InChI is InChI=1S/C22H27N5O3/c1-3-16-4-6-17(7-5-16)15-27-21(28)25-20(24-13-12-23)26(22(27)29)14-18-8-10-19(30-2)11-9-18/h4-11H,3,12-15,23H2,1-2H3,(H,24,25,28). The van der Waals surface area contributed by atoms with Crippen molar-refractivity contribution in [3.05, 3.63) is 86.2 Å². The first-order valence-corrected chi connectivity index (χ1v) is 9.92. The van der Waals surface area contributed by atoms with Gasteiger partial charge in [0.05, 0.1) is 20.2 Å². The highest BCUT2D eigenvalue weighted by Crippen LogP contribution is 2.13. The van der Waals surface area contributed by atoms with E-state index in [1.165, 1.54) is 10.1 Å². The second kappa shape index (κ2) is 9.89. The van der Waals surface area contributed by atoms with Gasteiger partial charge < -0.3 is 15.8 Å². The minimum absolute atomic E-state index is 0.161. The third kappa shape index (κ3) is 4.96. The van der Waals surface area contributed by atoms with Crippen molar-refractivity contribution in [2.45, 2.75) is 26.4 Å². The van der Waals surface area contributed by atoms with Crippen molar-refractivity contribution in [3.8, 4) is 5.75 Å². The summed E-state index contributed by atoms with van der Waals surface area (Å²) in [6, 6.07) is 15.3. The summed E-state index contributed by atoms with van der Waals surface area (Å²) in [5.41, 5.74) is 7.50. The van der Waals surface area contributed by atoms with Gasteiger partial charge in [0.25, 0.3) is 0 Å². The maximum Gasteiger partial charge on any atom is 0.355 e. The van der Waals surface area contributed by atoms with Crippen molar-refractivity contribution in [3.63, 3.8) is 0 Å². The van der Waals surface area contributed by atoms with E-state index in [1.807, 2.05) is 48.5 Å². The SMILES string of the molecule is CCc1ccc(Cn2c(=O)nc(NCCN)n(Cc3ccc(OC)cc3)c2=O)cc1. The molecule has 8 nitrogen and oxygen atoms in total. The summed E-state index contributed by atoms with van der Waals surface area (Å²) in [5, 5.41) is 2.98. The summed E-state index contributed by atoms with van der Waals surface area (Å²) in [6.07, 6.45) is 0.929. The minimum atomic E-state index is -0.593. The Bertz CT molecular complexity index is 1090. The number of benzene rings is 2. The van der Waals surface area contributed by atoms with E-state index in [4.69, 9.17) is 10.5 Å². The summed E-state index contributed by atoms with van der Waals surface area (Å²) in [6.45, 7) is 3.25. The van der Waals surface area contributed by atoms with Gasteiger partial charge in [-0.2, -0.15) is 4.98 Å². The summed E-state index contributed by atoms with van der Waals surface area (Å²) >= 11 is 0. The van der Waals surface area contributed by atoms with E-state index in [-0.39, 0.29) is 19.0 Å². The lowest BCUT2D eigenvalue weighted by atomic mass is 10.1. The van der Waals surface area contributed by atoms with E-state index in [9.17, 15) is 9.59 Å². The maximum absolute atomic E-state index is 13.2. The first-order valence-electron chi connectivity index (χ1n) is 9.92. The average molecular weight is 409 g/mol. The Morgan fingerprint density at radius 2 is 1.50 bits per heavy atom. The van der Waals surface area contributed by atoms with Gasteiger partial charge in [-0.05, 0) is 35.2 Å². The molecule has 3 aromatic rings. The molecule has 30 heavy (non-hydrogen) atoms. The van der Waals surface area contributed by atoms with Crippen LogP contribution in [0.4, 0.5) is 5.95 Å². The van der Waals surface area contributed by atoms with Crippen LogP contribution in [0, 0.1) is 0 Å². The smallest absolute Gasteiger partial charge is 0.355 e. The van der Waals surface area contributed by atoms with Crippen LogP contribution < -0.4 is 27.2 Å². The number of hydrogen-bond donors (Lipinski definition) is 2. The fraction of sp³-hybridized carbons (Fsp3) is 0.318. The van der Waals surface area contributed by atoms with Gasteiger partial charge in [-0.25, -0.2) is 14.2 Å². The van der Waals surface area contributed by atoms with Gasteiger partial charge in [0.1, 0.15) is 5.75 Å². The molecule has 0 aliphatic carbocycles. The highest BCUT2D eigenvalue weighted by Gasteiger charge is 2.14. The van der Waals surface area contributed by atoms with Crippen LogP contribution in [-0.4, -0.2) is 34.3 Å². The second-order valence-corrected chi connectivity index (χ2v) is 6.91. The molecule has 2 aromatic carbocycles. The average Bonchev–Trinajstić information content (AvgIpc) is 2.78. The van der Waals surface area contributed by atoms with Gasteiger partial charge in [-0.3, -0.25) is 4.57 Å². The van der Waals surface area contributed by atoms with Gasteiger partial charge in [-0.1, -0.05) is 43.3 Å². The first kappa shape index (κ1) is 21.3. The maximum atomic E-state index is 13.2. The topological polar surface area (TPSA) is 104 Å². The van der Waals surface area contributed by atoms with Crippen LogP contribution in [0.3, 0.4) is 0 Å². The number of nitrogens with zero attached hydrogens (tertiary/aromatic N) is 3. The van der Waals surface area contributed by atoms with Gasteiger partial charge in [0.15, 0.2) is 0 Å². The molecule has 0 saturated carbocycles. The molecule has 3 N–H and O–H groups in total. The Morgan fingerprint density at radius 1 is 0.933 bits per heavy atom. The van der Waals surface area contributed by atoms with Crippen LogP contribution in [0.1, 0.15) is 23.6 Å². The van der Waals surface area contributed by atoms with Crippen LogP contribution in [-0.2, 0) is 19.5 Å². The van der Waals surface area contributed by atoms with Crippen LogP contribution >= 0.6 is 0 Å². The van der Waals surface area contributed by atoms with Gasteiger partial charge in [0.2, 0.25) is 5.95 Å². The Morgan fingerprint density at radius 3 is 2.07 bits per heavy atom. The van der Waals surface area contributed by atoms with Crippen molar-refractivity contribution in [2.24, 2.45) is 5.73 Å². The second-order valence-electron chi connectivity index (χ2n) is 6.91. The summed E-state index contributed by atoms with van der Waals surface area (Å²) in [4.78, 5) is 29.9. The fourth-order valence-electron chi connectivity index (χ4n) is 3.10. The number of aryl methyl sites for hydroxylation is 1. The van der Waals surface area contributed by atoms with Crippen molar-refractivity contribution in [1.82, 2.24) is 14.1 Å². The molecule has 0 fully saturated rings. The van der Waals surface area contributed by atoms with Crippen molar-refractivity contribution in [2.75, 3.05) is 25.5 Å². The highest BCUT2D eigenvalue weighted by molar-refractivity contribution is 5.30. The molecule has 0 saturated heterocycles. The number of hydrogen-bond acceptors (Lipinski definition) is 6. The Balaban J connectivity index is 1.99. The van der Waals surface area contributed by atoms with Crippen molar-refractivity contribution >= 4 is 5.95 Å². The van der Waals surface area contributed by atoms with Crippen LogP contribution in [0.25, 0.3) is 0 Å². The lowest BCUT2D eigenvalue weighted by molar-refractivity contribution is 0.414. The monoisotopic (exact) mass is 409 g/mol. The van der Waals surface area contributed by atoms with Gasteiger partial charge in [0, 0.05) is 13.1 Å². The van der Waals surface area contributed by atoms with Crippen molar-refractivity contribution < 1.29 is 4.74 Å². The molecule has 0 spiro atoms. The number of ether oxygens (including phenoxy) is 1. The van der Waals surface area contributed by atoms with Crippen LogP contribution in [0.15, 0.2) is 58.1 Å². The van der Waals surface area contributed by atoms with E-state index in [1.54, 1.807) is 7.11 Å². The largest absolute Gasteiger partial charge is 0.497 e. The zero-order valence-corrected chi connectivity index (χ0v) is 17.3. The van der Waals surface area contributed by atoms with E-state index >= 15 is 0 Å². The summed E-state index contributed by atoms with van der Waals surface area (Å²) < 4.78 is 7.79. The van der Waals surface area contributed by atoms with Gasteiger partial charge >= 0.3 is 11.4 Å². The third-order valence-electron chi connectivity index (χ3n) is 4.85. The molecule has 8 heteroatoms. The van der Waals surface area contributed by atoms with E-state index in [0.717, 1.165) is 27.9 Å². The predicted octanol–water partition coefficient (Wildman–Crippen LogP) is 1.44. The number of nitrogens with two attached hydrogens (primary N) is 1. The number of methoxy groups -OCH3 is 1. The molecular weight excluding hydrogens is 382 g/mol. The molecule has 0 atom stereocenters. The third-order valence-corrected chi connectivity index (χ3v) is 4.85. The molecule has 0 amide bonds. The number of nitrogens with one attached hydrogen (secondary N) is 1. The van der Waals surface area contributed by atoms with Gasteiger partial charge in [-0.15, -0.1) is 0 Å². The van der Waals surface area contributed by atoms with E-state index < -0.39 is 11.4 Å². The molecule has 0 aliphatic heterocycles. The minimum Gasteiger partial charge on any atom is -0.497 e. The molecule has 0 aliphatic rings. The van der Waals surface area contributed by atoms with Crippen LogP contribution in [0.5, 0.6) is 5.75 Å². The number of aromatic nitrogens is 3. The summed E-state index contributed by atoms with van der Waals surface area (Å²) in [5.74, 6) is 0.940. The Kier molecular flexibility index (Phi) is 7.03. The van der Waals surface area contributed by atoms with Crippen LogP contribution in [0.2, 0.25) is 0 Å². The molecular formula is C22H27N5O3.